The zero-order chi connectivity index (χ0) is 26.2. The third-order valence-corrected chi connectivity index (χ3v) is 6.04. The predicted octanol–water partition coefficient (Wildman–Crippen LogP) is 7.09. The van der Waals surface area contributed by atoms with Crippen molar-refractivity contribution in [1.82, 2.24) is 4.98 Å². The number of aryl methyl sites for hydroxylation is 1. The molecule has 5 N–H and O–H groups in total. The van der Waals surface area contributed by atoms with Gasteiger partial charge in [0.1, 0.15) is 11.5 Å². The summed E-state index contributed by atoms with van der Waals surface area (Å²) in [5, 5.41) is 12.0. The van der Waals surface area contributed by atoms with Gasteiger partial charge in [-0.15, -0.1) is 0 Å². The molecule has 188 valence electrons. The van der Waals surface area contributed by atoms with Gasteiger partial charge in [0.05, 0.1) is 16.9 Å². The van der Waals surface area contributed by atoms with E-state index in [4.69, 9.17) is 4.42 Å². The maximum Gasteiger partial charge on any atom is 0.323 e. The molecule has 0 saturated heterocycles. The summed E-state index contributed by atoms with van der Waals surface area (Å²) in [6, 6.07) is 18.4. The first-order valence-corrected chi connectivity index (χ1v) is 12.0. The van der Waals surface area contributed by atoms with Crippen molar-refractivity contribution in [3.8, 4) is 0 Å². The quantitative estimate of drug-likeness (QED) is 0.190. The molecular formula is C29H29N5O3. The van der Waals surface area contributed by atoms with E-state index in [2.05, 4.69) is 47.0 Å². The van der Waals surface area contributed by atoms with E-state index in [1.807, 2.05) is 79.9 Å². The molecule has 0 spiro atoms. The van der Waals surface area contributed by atoms with E-state index in [-0.39, 0.29) is 17.4 Å². The Morgan fingerprint density at radius 2 is 1.73 bits per heavy atom. The highest BCUT2D eigenvalue weighted by Crippen LogP contribution is 2.36. The minimum atomic E-state index is -0.358. The van der Waals surface area contributed by atoms with Gasteiger partial charge >= 0.3 is 6.03 Å². The van der Waals surface area contributed by atoms with Crippen LogP contribution < -0.4 is 21.3 Å². The fraction of sp³-hybridized carbons (Fsp3) is 0.172. The average Bonchev–Trinajstić information content (AvgIpc) is 3.54. The maximum atomic E-state index is 12.6. The summed E-state index contributed by atoms with van der Waals surface area (Å²) in [6.45, 7) is 8.00. The van der Waals surface area contributed by atoms with Gasteiger partial charge in [0.2, 0.25) is 0 Å². The van der Waals surface area contributed by atoms with Crippen molar-refractivity contribution >= 4 is 52.0 Å². The second-order valence-corrected chi connectivity index (χ2v) is 10.0. The van der Waals surface area contributed by atoms with E-state index < -0.39 is 0 Å². The summed E-state index contributed by atoms with van der Waals surface area (Å²) in [4.78, 5) is 28.2. The number of hydrogen-bond acceptors (Lipinski definition) is 4. The molecule has 0 saturated carbocycles. The van der Waals surface area contributed by atoms with Crippen LogP contribution in [0.4, 0.5) is 33.2 Å². The number of anilines is 5. The third-order valence-electron chi connectivity index (χ3n) is 6.04. The minimum Gasteiger partial charge on any atom is -0.464 e. The number of aromatic amines is 1. The zero-order valence-corrected chi connectivity index (χ0v) is 21.2. The SMILES string of the molecule is Cc1oc(C(C)(C)C)cc1NC(=O)Nc1cccc(Nc2ccc3c(c2)NC(=O)/C3=C\c2ccc[nH]2)c1. The molecule has 0 atom stereocenters. The van der Waals surface area contributed by atoms with Crippen molar-refractivity contribution in [3.63, 3.8) is 0 Å². The molecule has 2 aromatic heterocycles. The Labute approximate surface area is 215 Å². The molecule has 8 heteroatoms. The van der Waals surface area contributed by atoms with Crippen LogP contribution in [0.3, 0.4) is 0 Å². The van der Waals surface area contributed by atoms with E-state index in [0.717, 1.165) is 34.1 Å². The lowest BCUT2D eigenvalue weighted by Gasteiger charge is -2.13. The number of urea groups is 1. The van der Waals surface area contributed by atoms with Crippen molar-refractivity contribution < 1.29 is 14.0 Å². The number of amides is 3. The van der Waals surface area contributed by atoms with Gasteiger partial charge in [0.25, 0.3) is 5.91 Å². The number of carbonyl (C=O) groups is 2. The molecule has 37 heavy (non-hydrogen) atoms. The van der Waals surface area contributed by atoms with Gasteiger partial charge in [0.15, 0.2) is 0 Å². The summed E-state index contributed by atoms with van der Waals surface area (Å²) >= 11 is 0. The molecule has 3 heterocycles. The van der Waals surface area contributed by atoms with Crippen molar-refractivity contribution in [1.29, 1.82) is 0 Å². The van der Waals surface area contributed by atoms with Gasteiger partial charge < -0.3 is 30.7 Å². The lowest BCUT2D eigenvalue weighted by molar-refractivity contribution is -0.110. The van der Waals surface area contributed by atoms with Crippen LogP contribution in [-0.2, 0) is 10.2 Å². The fourth-order valence-corrected chi connectivity index (χ4v) is 4.11. The van der Waals surface area contributed by atoms with Gasteiger partial charge in [-0.3, -0.25) is 4.79 Å². The van der Waals surface area contributed by atoms with Crippen LogP contribution in [0, 0.1) is 6.92 Å². The van der Waals surface area contributed by atoms with Crippen molar-refractivity contribution in [2.24, 2.45) is 0 Å². The molecular weight excluding hydrogens is 466 g/mol. The second kappa shape index (κ2) is 9.39. The molecule has 0 radical (unpaired) electrons. The number of furan rings is 1. The Balaban J connectivity index is 1.27. The molecule has 2 aromatic carbocycles. The Hall–Kier alpha value is -4.72. The van der Waals surface area contributed by atoms with Gasteiger partial charge in [-0.1, -0.05) is 32.9 Å². The second-order valence-electron chi connectivity index (χ2n) is 10.0. The van der Waals surface area contributed by atoms with Crippen LogP contribution in [0.1, 0.15) is 43.5 Å². The molecule has 4 aromatic rings. The number of hydrogen-bond donors (Lipinski definition) is 5. The number of rotatable bonds is 5. The molecule has 0 unspecified atom stereocenters. The summed E-state index contributed by atoms with van der Waals surface area (Å²) in [5.41, 5.74) is 5.79. The highest BCUT2D eigenvalue weighted by molar-refractivity contribution is 6.35. The first kappa shape index (κ1) is 24.0. The maximum absolute atomic E-state index is 12.6. The van der Waals surface area contributed by atoms with Crippen molar-refractivity contribution in [2.45, 2.75) is 33.1 Å². The van der Waals surface area contributed by atoms with Crippen LogP contribution in [0.15, 0.2) is 71.3 Å². The normalized spacial score (nSPS) is 13.8. The molecule has 3 amide bonds. The van der Waals surface area contributed by atoms with Crippen molar-refractivity contribution in [2.75, 3.05) is 21.3 Å². The number of nitrogens with one attached hydrogen (secondary N) is 5. The molecule has 0 bridgehead atoms. The summed E-state index contributed by atoms with van der Waals surface area (Å²) < 4.78 is 5.80. The average molecular weight is 496 g/mol. The highest BCUT2D eigenvalue weighted by Gasteiger charge is 2.24. The van der Waals surface area contributed by atoms with Gasteiger partial charge in [-0.05, 0) is 55.5 Å². The molecule has 8 nitrogen and oxygen atoms in total. The number of carbonyl (C=O) groups excluding carboxylic acids is 2. The first-order valence-electron chi connectivity index (χ1n) is 12.0. The Morgan fingerprint density at radius 1 is 0.946 bits per heavy atom. The fourth-order valence-electron chi connectivity index (χ4n) is 4.11. The Morgan fingerprint density at radius 3 is 2.46 bits per heavy atom. The van der Waals surface area contributed by atoms with E-state index in [0.29, 0.717) is 22.7 Å². The van der Waals surface area contributed by atoms with E-state index in [1.165, 1.54) is 0 Å². The first-order chi connectivity index (χ1) is 17.7. The largest absolute Gasteiger partial charge is 0.464 e. The lowest BCUT2D eigenvalue weighted by atomic mass is 9.93. The molecule has 0 fully saturated rings. The number of fused-ring (bicyclic) bond motifs is 1. The van der Waals surface area contributed by atoms with Gasteiger partial charge in [0, 0.05) is 46.0 Å². The van der Waals surface area contributed by atoms with Crippen LogP contribution in [0.2, 0.25) is 0 Å². The molecule has 0 aliphatic carbocycles. The van der Waals surface area contributed by atoms with Gasteiger partial charge in [-0.25, -0.2) is 4.79 Å². The highest BCUT2D eigenvalue weighted by atomic mass is 16.3. The van der Waals surface area contributed by atoms with E-state index >= 15 is 0 Å². The standard InChI is InChI=1S/C29H29N5O3/c1-17-24(16-26(37-17)29(2,3)4)34-28(36)32-20-8-5-7-19(13-20)31-21-10-11-22-23(14-18-9-6-12-30-18)27(35)33-25(22)15-21/h5-16,30-31H,1-4H3,(H,33,35)(H2,32,34,36)/b23-14-. The van der Waals surface area contributed by atoms with Crippen LogP contribution in [0.25, 0.3) is 11.6 Å². The molecule has 5 rings (SSSR count). The number of H-pyrrole nitrogens is 1. The van der Waals surface area contributed by atoms with E-state index in [1.54, 1.807) is 0 Å². The van der Waals surface area contributed by atoms with Crippen LogP contribution in [-0.4, -0.2) is 16.9 Å². The minimum absolute atomic E-state index is 0.138. The van der Waals surface area contributed by atoms with Crippen LogP contribution >= 0.6 is 0 Å². The lowest BCUT2D eigenvalue weighted by Crippen LogP contribution is -2.19. The number of aromatic nitrogens is 1. The van der Waals surface area contributed by atoms with Crippen molar-refractivity contribution in [3.05, 3.63) is 89.6 Å². The van der Waals surface area contributed by atoms with Crippen LogP contribution in [0.5, 0.6) is 0 Å². The summed E-state index contributed by atoms with van der Waals surface area (Å²) in [5.74, 6) is 1.33. The monoisotopic (exact) mass is 495 g/mol. The molecule has 1 aliphatic heterocycles. The smallest absolute Gasteiger partial charge is 0.323 e. The summed E-state index contributed by atoms with van der Waals surface area (Å²) in [7, 11) is 0. The van der Waals surface area contributed by atoms with E-state index in [9.17, 15) is 9.59 Å². The Bertz CT molecular complexity index is 1510. The summed E-state index contributed by atoms with van der Waals surface area (Å²) in [6.07, 6.45) is 3.66. The predicted molar refractivity (Wildman–Crippen MR) is 148 cm³/mol. The number of benzene rings is 2. The topological polar surface area (TPSA) is 111 Å². The molecule has 1 aliphatic rings. The Kier molecular flexibility index (Phi) is 6.09. The zero-order valence-electron chi connectivity index (χ0n) is 21.2. The van der Waals surface area contributed by atoms with Gasteiger partial charge in [-0.2, -0.15) is 0 Å². The third kappa shape index (κ3) is 5.28.